The molecule has 0 saturated carbocycles. The molecule has 0 fully saturated rings. The van der Waals surface area contributed by atoms with Gasteiger partial charge in [0.1, 0.15) is 0 Å². The largest absolute Gasteiger partial charge is 0.416 e. The number of carbonyl (C=O) groups excluding carboxylic acids is 1. The number of hydrogen-bond acceptors (Lipinski definition) is 2. The Hall–Kier alpha value is -2.34. The van der Waals surface area contributed by atoms with Gasteiger partial charge in [0.05, 0.1) is 17.6 Å². The number of benzene rings is 2. The first kappa shape index (κ1) is 16.5. The van der Waals surface area contributed by atoms with Crippen LogP contribution in [0.5, 0.6) is 0 Å². The Bertz CT molecular complexity index is 759. The van der Waals surface area contributed by atoms with Gasteiger partial charge in [0.25, 0.3) is 0 Å². The van der Waals surface area contributed by atoms with Gasteiger partial charge in [-0.15, -0.1) is 0 Å². The van der Waals surface area contributed by atoms with Gasteiger partial charge in [0, 0.05) is 5.69 Å². The van der Waals surface area contributed by atoms with Crippen molar-refractivity contribution in [1.82, 2.24) is 0 Å². The van der Waals surface area contributed by atoms with Crippen LogP contribution in [0.4, 0.5) is 18.9 Å². The molecule has 3 nitrogen and oxygen atoms in total. The third kappa shape index (κ3) is 2.89. The minimum absolute atomic E-state index is 0.240. The molecule has 2 atom stereocenters. The first-order valence-corrected chi connectivity index (χ1v) is 7.63. The van der Waals surface area contributed by atoms with Crippen LogP contribution in [0.25, 0.3) is 0 Å². The third-order valence-electron chi connectivity index (χ3n) is 4.34. The molecule has 0 radical (unpaired) electrons. The summed E-state index contributed by atoms with van der Waals surface area (Å²) in [5.74, 6) is -0.363. The normalized spacial score (nSPS) is 19.1. The zero-order valence-electron chi connectivity index (χ0n) is 13.0. The Morgan fingerprint density at radius 2 is 1.83 bits per heavy atom. The second kappa shape index (κ2) is 5.94. The number of alkyl halides is 3. The second-order valence-electron chi connectivity index (χ2n) is 5.95. The topological polar surface area (TPSA) is 46.3 Å². The summed E-state index contributed by atoms with van der Waals surface area (Å²) >= 11 is 0. The molecule has 2 aromatic carbocycles. The van der Waals surface area contributed by atoms with Crippen LogP contribution in [0, 0.1) is 0 Å². The number of rotatable bonds is 2. The number of halogens is 3. The lowest BCUT2D eigenvalue weighted by molar-refractivity contribution is -0.137. The van der Waals surface area contributed by atoms with E-state index in [-0.39, 0.29) is 18.0 Å². The molecule has 0 saturated heterocycles. The zero-order valence-corrected chi connectivity index (χ0v) is 13.0. The molecule has 6 heteroatoms. The van der Waals surface area contributed by atoms with Crippen LogP contribution < -0.4 is 10.6 Å². The van der Waals surface area contributed by atoms with Crippen molar-refractivity contribution in [1.29, 1.82) is 0 Å². The highest BCUT2D eigenvalue weighted by molar-refractivity contribution is 6.00. The minimum atomic E-state index is -4.46. The maximum absolute atomic E-state index is 13.1. The van der Waals surface area contributed by atoms with Crippen LogP contribution in [-0.2, 0) is 17.4 Å². The van der Waals surface area contributed by atoms with Gasteiger partial charge in [-0.25, -0.2) is 0 Å². The quantitative estimate of drug-likeness (QED) is 0.910. The van der Waals surface area contributed by atoms with Crippen molar-refractivity contribution >= 4 is 11.6 Å². The monoisotopic (exact) mass is 334 g/mol. The Labute approximate surface area is 137 Å². The standard InChI is InChI=1S/C18H17F3N2O/c1-11(12-5-3-2-4-6-12)23-16-10-14(18(19,20)21)8-7-13(16)9-15(22)17(23)24/h2-8,10-11,15H,9,22H2,1H3/t11-,15+/m0/s1. The van der Waals surface area contributed by atoms with E-state index in [1.54, 1.807) is 6.92 Å². The van der Waals surface area contributed by atoms with Crippen LogP contribution in [0.3, 0.4) is 0 Å². The molecule has 24 heavy (non-hydrogen) atoms. The molecule has 0 bridgehead atoms. The van der Waals surface area contributed by atoms with Crippen molar-refractivity contribution in [3.63, 3.8) is 0 Å². The van der Waals surface area contributed by atoms with Gasteiger partial charge in [-0.05, 0) is 36.6 Å². The van der Waals surface area contributed by atoms with E-state index < -0.39 is 23.8 Å². The first-order valence-electron chi connectivity index (χ1n) is 7.63. The summed E-state index contributed by atoms with van der Waals surface area (Å²) in [5.41, 5.74) is 6.91. The highest BCUT2D eigenvalue weighted by Crippen LogP contribution is 2.39. The Balaban J connectivity index is 2.11. The van der Waals surface area contributed by atoms with Crippen LogP contribution in [0.2, 0.25) is 0 Å². The maximum Gasteiger partial charge on any atom is 0.416 e. The summed E-state index contributed by atoms with van der Waals surface area (Å²) in [4.78, 5) is 14.0. The van der Waals surface area contributed by atoms with E-state index in [0.29, 0.717) is 5.56 Å². The average molecular weight is 334 g/mol. The molecule has 0 spiro atoms. The number of carbonyl (C=O) groups is 1. The molecule has 2 aromatic rings. The van der Waals surface area contributed by atoms with Crippen molar-refractivity contribution in [3.8, 4) is 0 Å². The van der Waals surface area contributed by atoms with Gasteiger partial charge in [-0.2, -0.15) is 13.2 Å². The predicted molar refractivity (Wildman–Crippen MR) is 85.5 cm³/mol. The molecule has 0 aromatic heterocycles. The van der Waals surface area contributed by atoms with Gasteiger partial charge >= 0.3 is 6.18 Å². The summed E-state index contributed by atoms with van der Waals surface area (Å²) < 4.78 is 39.2. The molecule has 0 unspecified atom stereocenters. The molecule has 0 aliphatic carbocycles. The molecular weight excluding hydrogens is 317 g/mol. The van der Waals surface area contributed by atoms with Gasteiger partial charge in [0.15, 0.2) is 0 Å². The predicted octanol–water partition coefficient (Wildman–Crippen LogP) is 3.68. The van der Waals surface area contributed by atoms with Crippen LogP contribution in [0.15, 0.2) is 48.5 Å². The summed E-state index contributed by atoms with van der Waals surface area (Å²) in [6.45, 7) is 1.79. The Kier molecular flexibility index (Phi) is 4.09. The smallest absolute Gasteiger partial charge is 0.320 e. The number of amides is 1. The second-order valence-corrected chi connectivity index (χ2v) is 5.95. The number of anilines is 1. The van der Waals surface area contributed by atoms with Crippen molar-refractivity contribution in [3.05, 3.63) is 65.2 Å². The van der Waals surface area contributed by atoms with Crippen LogP contribution in [0.1, 0.15) is 29.7 Å². The number of fused-ring (bicyclic) bond motifs is 1. The lowest BCUT2D eigenvalue weighted by atomic mass is 9.93. The molecule has 1 aliphatic rings. The lowest BCUT2D eigenvalue weighted by Gasteiger charge is -2.37. The fraction of sp³-hybridized carbons (Fsp3) is 0.278. The summed E-state index contributed by atoms with van der Waals surface area (Å²) in [5, 5.41) is 0. The van der Waals surface area contributed by atoms with Gasteiger partial charge in [-0.1, -0.05) is 36.4 Å². The molecule has 126 valence electrons. The highest BCUT2D eigenvalue weighted by atomic mass is 19.4. The van der Waals surface area contributed by atoms with Gasteiger partial charge in [-0.3, -0.25) is 4.79 Å². The van der Waals surface area contributed by atoms with E-state index in [1.165, 1.54) is 11.0 Å². The fourth-order valence-corrected chi connectivity index (χ4v) is 3.04. The number of hydrogen-bond donors (Lipinski definition) is 1. The lowest BCUT2D eigenvalue weighted by Crippen LogP contribution is -2.49. The van der Waals surface area contributed by atoms with Crippen molar-refractivity contribution in [2.45, 2.75) is 31.6 Å². The third-order valence-corrected chi connectivity index (χ3v) is 4.34. The van der Waals surface area contributed by atoms with E-state index in [0.717, 1.165) is 17.7 Å². The van der Waals surface area contributed by atoms with Gasteiger partial charge in [0.2, 0.25) is 5.91 Å². The molecule has 1 aliphatic heterocycles. The summed E-state index contributed by atoms with van der Waals surface area (Å²) in [6.07, 6.45) is -4.22. The molecule has 1 heterocycles. The molecule has 1 amide bonds. The van der Waals surface area contributed by atoms with Crippen LogP contribution in [-0.4, -0.2) is 11.9 Å². The van der Waals surface area contributed by atoms with E-state index in [2.05, 4.69) is 0 Å². The summed E-state index contributed by atoms with van der Waals surface area (Å²) in [6, 6.07) is 11.5. The first-order chi connectivity index (χ1) is 11.3. The van der Waals surface area contributed by atoms with Crippen molar-refractivity contribution < 1.29 is 18.0 Å². The number of nitrogens with two attached hydrogens (primary N) is 1. The zero-order chi connectivity index (χ0) is 17.5. The Morgan fingerprint density at radius 1 is 1.17 bits per heavy atom. The highest BCUT2D eigenvalue weighted by Gasteiger charge is 2.37. The summed E-state index contributed by atoms with van der Waals surface area (Å²) in [7, 11) is 0. The molecule has 2 N–H and O–H groups in total. The van der Waals surface area contributed by atoms with E-state index in [1.807, 2.05) is 30.3 Å². The van der Waals surface area contributed by atoms with E-state index in [9.17, 15) is 18.0 Å². The van der Waals surface area contributed by atoms with Crippen molar-refractivity contribution in [2.75, 3.05) is 4.90 Å². The SMILES string of the molecule is C[C@@H](c1ccccc1)N1C(=O)[C@H](N)Cc2ccc(C(F)(F)F)cc21. The van der Waals surface area contributed by atoms with E-state index in [4.69, 9.17) is 5.73 Å². The van der Waals surface area contributed by atoms with Crippen LogP contribution >= 0.6 is 0 Å². The molecule has 3 rings (SSSR count). The minimum Gasteiger partial charge on any atom is -0.320 e. The molecular formula is C18H17F3N2O. The number of nitrogens with zero attached hydrogens (tertiary/aromatic N) is 1. The average Bonchev–Trinajstić information content (AvgIpc) is 2.55. The van der Waals surface area contributed by atoms with E-state index >= 15 is 0 Å². The van der Waals surface area contributed by atoms with Crippen molar-refractivity contribution in [2.24, 2.45) is 5.73 Å². The fourth-order valence-electron chi connectivity index (χ4n) is 3.04. The maximum atomic E-state index is 13.1. The Morgan fingerprint density at radius 3 is 2.46 bits per heavy atom. The van der Waals surface area contributed by atoms with Gasteiger partial charge < -0.3 is 10.6 Å².